The number of para-hydroxylation sites is 2. The lowest BCUT2D eigenvalue weighted by Crippen LogP contribution is -2.55. The van der Waals surface area contributed by atoms with Gasteiger partial charge in [0, 0.05) is 57.1 Å². The zero-order valence-electron chi connectivity index (χ0n) is 18.3. The fourth-order valence-corrected chi connectivity index (χ4v) is 5.10. The predicted molar refractivity (Wildman–Crippen MR) is 126 cm³/mol. The summed E-state index contributed by atoms with van der Waals surface area (Å²) in [4.78, 5) is 7.86. The van der Waals surface area contributed by atoms with Crippen LogP contribution < -0.4 is 9.64 Å². The lowest BCUT2D eigenvalue weighted by atomic mass is 10.1. The van der Waals surface area contributed by atoms with E-state index in [4.69, 9.17) is 4.74 Å². The predicted octanol–water partition coefficient (Wildman–Crippen LogP) is 4.40. The van der Waals surface area contributed by atoms with Crippen molar-refractivity contribution in [3.05, 3.63) is 95.6 Å². The number of hydrogen-bond donors (Lipinski definition) is 0. The van der Waals surface area contributed by atoms with Crippen LogP contribution in [0.5, 0.6) is 5.75 Å². The quantitative estimate of drug-likeness (QED) is 0.617. The summed E-state index contributed by atoms with van der Waals surface area (Å²) < 4.78 is 5.63. The molecule has 0 spiro atoms. The van der Waals surface area contributed by atoms with Crippen LogP contribution in [0.3, 0.4) is 0 Å². The largest absolute Gasteiger partial charge is 0.496 e. The van der Waals surface area contributed by atoms with Crippen molar-refractivity contribution in [3.8, 4) is 5.75 Å². The van der Waals surface area contributed by atoms with E-state index in [0.29, 0.717) is 6.04 Å². The number of hydrogen-bond acceptors (Lipinski definition) is 4. The van der Waals surface area contributed by atoms with Gasteiger partial charge >= 0.3 is 0 Å². The van der Waals surface area contributed by atoms with Crippen LogP contribution in [-0.4, -0.2) is 49.1 Å². The Kier molecular flexibility index (Phi) is 5.92. The molecule has 31 heavy (non-hydrogen) atoms. The number of nitrogens with zero attached hydrogens (tertiary/aromatic N) is 3. The molecule has 0 N–H and O–H groups in total. The summed E-state index contributed by atoms with van der Waals surface area (Å²) in [6.45, 7) is 7.23. The minimum atomic E-state index is 0.482. The van der Waals surface area contributed by atoms with Crippen LogP contribution in [0.4, 0.5) is 5.69 Å². The first-order valence-electron chi connectivity index (χ1n) is 11.3. The molecule has 0 amide bonds. The Morgan fingerprint density at radius 2 is 1.52 bits per heavy atom. The van der Waals surface area contributed by atoms with Gasteiger partial charge < -0.3 is 9.64 Å². The summed E-state index contributed by atoms with van der Waals surface area (Å²) in [6.07, 6.45) is 0. The van der Waals surface area contributed by atoms with E-state index in [-0.39, 0.29) is 0 Å². The van der Waals surface area contributed by atoms with E-state index in [1.54, 1.807) is 7.11 Å². The van der Waals surface area contributed by atoms with E-state index >= 15 is 0 Å². The third kappa shape index (κ3) is 4.46. The topological polar surface area (TPSA) is 19.0 Å². The highest BCUT2D eigenvalue weighted by Gasteiger charge is 2.32. The molecule has 0 aliphatic carbocycles. The van der Waals surface area contributed by atoms with E-state index in [0.717, 1.165) is 51.6 Å². The van der Waals surface area contributed by atoms with Crippen molar-refractivity contribution in [2.45, 2.75) is 25.7 Å². The van der Waals surface area contributed by atoms with Gasteiger partial charge in [-0.3, -0.25) is 9.80 Å². The lowest BCUT2D eigenvalue weighted by molar-refractivity contribution is 0.172. The van der Waals surface area contributed by atoms with Crippen molar-refractivity contribution in [2.24, 2.45) is 0 Å². The van der Waals surface area contributed by atoms with Crippen LogP contribution in [0.25, 0.3) is 0 Å². The molecule has 2 aliphatic heterocycles. The molecule has 1 unspecified atom stereocenters. The highest BCUT2D eigenvalue weighted by Crippen LogP contribution is 2.31. The Morgan fingerprint density at radius 1 is 0.774 bits per heavy atom. The summed E-state index contributed by atoms with van der Waals surface area (Å²) in [5.41, 5.74) is 5.49. The van der Waals surface area contributed by atoms with Crippen LogP contribution in [0.2, 0.25) is 0 Å². The number of piperazine rings is 1. The van der Waals surface area contributed by atoms with Gasteiger partial charge in [0.05, 0.1) is 13.2 Å². The summed E-state index contributed by atoms with van der Waals surface area (Å²) >= 11 is 0. The summed E-state index contributed by atoms with van der Waals surface area (Å²) in [7, 11) is 1.76. The molecule has 160 valence electrons. The number of anilines is 1. The molecule has 0 radical (unpaired) electrons. The van der Waals surface area contributed by atoms with Crippen LogP contribution >= 0.6 is 0 Å². The maximum atomic E-state index is 5.63. The van der Waals surface area contributed by atoms with Crippen molar-refractivity contribution in [1.82, 2.24) is 9.80 Å². The minimum Gasteiger partial charge on any atom is -0.496 e. The number of ether oxygens (including phenoxy) is 1. The molecule has 3 aromatic carbocycles. The summed E-state index contributed by atoms with van der Waals surface area (Å²) in [5.74, 6) is 0.978. The Bertz CT molecular complexity index is 1010. The minimum absolute atomic E-state index is 0.482. The van der Waals surface area contributed by atoms with Gasteiger partial charge in [-0.1, -0.05) is 66.7 Å². The first-order chi connectivity index (χ1) is 15.3. The van der Waals surface area contributed by atoms with Gasteiger partial charge in [-0.05, 0) is 23.3 Å². The van der Waals surface area contributed by atoms with E-state index in [2.05, 4.69) is 87.5 Å². The highest BCUT2D eigenvalue weighted by molar-refractivity contribution is 5.56. The molecule has 2 aliphatic rings. The van der Waals surface area contributed by atoms with Crippen molar-refractivity contribution < 1.29 is 4.74 Å². The molecule has 0 aromatic heterocycles. The van der Waals surface area contributed by atoms with Crippen LogP contribution in [0, 0.1) is 0 Å². The maximum Gasteiger partial charge on any atom is 0.123 e. The Balaban J connectivity index is 1.39. The van der Waals surface area contributed by atoms with Crippen LogP contribution in [0.15, 0.2) is 78.9 Å². The van der Waals surface area contributed by atoms with Gasteiger partial charge in [0.2, 0.25) is 0 Å². The molecule has 2 heterocycles. The fraction of sp³-hybridized carbons (Fsp3) is 0.333. The molecule has 4 heteroatoms. The average Bonchev–Trinajstić information content (AvgIpc) is 2.96. The third-order valence-corrected chi connectivity index (χ3v) is 6.57. The molecular weight excluding hydrogens is 382 g/mol. The van der Waals surface area contributed by atoms with Gasteiger partial charge in [0.25, 0.3) is 0 Å². The molecule has 0 bridgehead atoms. The number of methoxy groups -OCH3 is 1. The molecule has 1 saturated heterocycles. The van der Waals surface area contributed by atoms with Gasteiger partial charge in [-0.2, -0.15) is 0 Å². The lowest BCUT2D eigenvalue weighted by Gasteiger charge is -2.43. The molecule has 3 aromatic rings. The van der Waals surface area contributed by atoms with Gasteiger partial charge in [-0.15, -0.1) is 0 Å². The normalized spacial score (nSPS) is 19.4. The van der Waals surface area contributed by atoms with E-state index in [1.165, 1.54) is 22.4 Å². The Morgan fingerprint density at radius 3 is 2.39 bits per heavy atom. The number of fused-ring (bicyclic) bond motifs is 3. The first kappa shape index (κ1) is 20.1. The van der Waals surface area contributed by atoms with Gasteiger partial charge in [0.15, 0.2) is 0 Å². The fourth-order valence-electron chi connectivity index (χ4n) is 5.10. The Hall–Kier alpha value is -2.82. The zero-order chi connectivity index (χ0) is 21.0. The second kappa shape index (κ2) is 9.13. The van der Waals surface area contributed by atoms with Gasteiger partial charge in [-0.25, -0.2) is 0 Å². The second-order valence-electron chi connectivity index (χ2n) is 8.68. The number of benzene rings is 3. The van der Waals surface area contributed by atoms with E-state index in [9.17, 15) is 0 Å². The molecule has 4 nitrogen and oxygen atoms in total. The molecule has 0 saturated carbocycles. The first-order valence-corrected chi connectivity index (χ1v) is 11.3. The standard InChI is InChI=1S/C27H31N3O/c1-31-27-14-8-6-12-24(27)19-29-18-23-11-5-7-13-26(23)30-16-15-28(20-25(30)21-29)17-22-9-3-2-4-10-22/h2-14,25H,15-21H2,1H3. The Labute approximate surface area is 185 Å². The molecular formula is C27H31N3O. The smallest absolute Gasteiger partial charge is 0.123 e. The molecule has 1 atom stereocenters. The third-order valence-electron chi connectivity index (χ3n) is 6.57. The highest BCUT2D eigenvalue weighted by atomic mass is 16.5. The molecule has 1 fully saturated rings. The van der Waals surface area contributed by atoms with Crippen molar-refractivity contribution in [1.29, 1.82) is 0 Å². The van der Waals surface area contributed by atoms with Crippen LogP contribution in [0.1, 0.15) is 16.7 Å². The summed E-state index contributed by atoms with van der Waals surface area (Å²) in [6, 6.07) is 28.7. The van der Waals surface area contributed by atoms with Crippen molar-refractivity contribution >= 4 is 5.69 Å². The summed E-state index contributed by atoms with van der Waals surface area (Å²) in [5, 5.41) is 0. The monoisotopic (exact) mass is 413 g/mol. The SMILES string of the molecule is COc1ccccc1CN1Cc2ccccc2N2CCN(Cc3ccccc3)CC2C1. The van der Waals surface area contributed by atoms with Gasteiger partial charge in [0.1, 0.15) is 5.75 Å². The second-order valence-corrected chi connectivity index (χ2v) is 8.68. The maximum absolute atomic E-state index is 5.63. The average molecular weight is 414 g/mol. The zero-order valence-corrected chi connectivity index (χ0v) is 18.3. The van der Waals surface area contributed by atoms with E-state index in [1.807, 2.05) is 6.07 Å². The van der Waals surface area contributed by atoms with Crippen LogP contribution in [-0.2, 0) is 19.6 Å². The van der Waals surface area contributed by atoms with E-state index < -0.39 is 0 Å². The number of rotatable bonds is 5. The molecule has 5 rings (SSSR count). The van der Waals surface area contributed by atoms with Crippen molar-refractivity contribution in [2.75, 3.05) is 38.2 Å². The van der Waals surface area contributed by atoms with Crippen molar-refractivity contribution in [3.63, 3.8) is 0 Å².